The summed E-state index contributed by atoms with van der Waals surface area (Å²) in [5.41, 5.74) is -0.250. The predicted molar refractivity (Wildman–Crippen MR) is 136 cm³/mol. The van der Waals surface area contributed by atoms with Crippen LogP contribution >= 0.6 is 11.6 Å². The van der Waals surface area contributed by atoms with Crippen LogP contribution < -0.4 is 5.32 Å². The maximum atomic E-state index is 13.6. The van der Waals surface area contributed by atoms with Crippen molar-refractivity contribution >= 4 is 34.4 Å². The molecule has 7 nitrogen and oxygen atoms in total. The highest BCUT2D eigenvalue weighted by Crippen LogP contribution is 2.46. The van der Waals surface area contributed by atoms with E-state index >= 15 is 0 Å². The van der Waals surface area contributed by atoms with Gasteiger partial charge in [-0.15, -0.1) is 0 Å². The molecule has 2 N–H and O–H groups in total. The Labute approximate surface area is 210 Å². The second-order valence-electron chi connectivity index (χ2n) is 10.2. The SMILES string of the molecule is CC(C)[C@@H](NC(=O)c1ccc2cccnc2n1)C(=O)N1CC[C@](O)(c2ccc(Cl)cc2)C(C)(C)C1. The Morgan fingerprint density at radius 2 is 1.83 bits per heavy atom. The van der Waals surface area contributed by atoms with Gasteiger partial charge in [0.15, 0.2) is 5.65 Å². The van der Waals surface area contributed by atoms with Crippen molar-refractivity contribution in [3.8, 4) is 0 Å². The van der Waals surface area contributed by atoms with Gasteiger partial charge in [-0.2, -0.15) is 0 Å². The highest BCUT2D eigenvalue weighted by Gasteiger charge is 2.50. The molecule has 0 aliphatic carbocycles. The number of hydrogen-bond acceptors (Lipinski definition) is 5. The number of nitrogens with one attached hydrogen (secondary N) is 1. The fourth-order valence-corrected chi connectivity index (χ4v) is 4.90. The van der Waals surface area contributed by atoms with Crippen LogP contribution in [-0.4, -0.2) is 50.9 Å². The van der Waals surface area contributed by atoms with E-state index in [4.69, 9.17) is 11.6 Å². The van der Waals surface area contributed by atoms with E-state index in [0.717, 1.165) is 10.9 Å². The molecule has 2 amide bonds. The monoisotopic (exact) mass is 494 g/mol. The van der Waals surface area contributed by atoms with Crippen molar-refractivity contribution in [2.24, 2.45) is 11.3 Å². The van der Waals surface area contributed by atoms with Crippen LogP contribution in [0.3, 0.4) is 0 Å². The van der Waals surface area contributed by atoms with Gasteiger partial charge in [0.25, 0.3) is 5.91 Å². The zero-order valence-electron chi connectivity index (χ0n) is 20.5. The molecule has 1 saturated heterocycles. The van der Waals surface area contributed by atoms with Gasteiger partial charge in [-0.3, -0.25) is 9.59 Å². The molecule has 0 spiro atoms. The third-order valence-corrected chi connectivity index (χ3v) is 7.25. The highest BCUT2D eigenvalue weighted by atomic mass is 35.5. The Balaban J connectivity index is 1.51. The number of aromatic nitrogens is 2. The number of halogens is 1. The maximum Gasteiger partial charge on any atom is 0.270 e. The molecule has 35 heavy (non-hydrogen) atoms. The Bertz CT molecular complexity index is 1240. The summed E-state index contributed by atoms with van der Waals surface area (Å²) in [6, 6.07) is 13.6. The number of piperidine rings is 1. The average molecular weight is 495 g/mol. The molecule has 0 unspecified atom stereocenters. The molecule has 2 aromatic heterocycles. The lowest BCUT2D eigenvalue weighted by molar-refractivity contribution is -0.155. The van der Waals surface area contributed by atoms with Gasteiger partial charge in [-0.1, -0.05) is 51.4 Å². The summed E-state index contributed by atoms with van der Waals surface area (Å²) in [4.78, 5) is 36.9. The summed E-state index contributed by atoms with van der Waals surface area (Å²) in [7, 11) is 0. The fourth-order valence-electron chi connectivity index (χ4n) is 4.78. The van der Waals surface area contributed by atoms with Gasteiger partial charge >= 0.3 is 0 Å². The molecule has 3 heterocycles. The van der Waals surface area contributed by atoms with Gasteiger partial charge in [0.1, 0.15) is 11.7 Å². The van der Waals surface area contributed by atoms with E-state index in [1.807, 2.05) is 52.0 Å². The number of nitrogens with zero attached hydrogens (tertiary/aromatic N) is 3. The summed E-state index contributed by atoms with van der Waals surface area (Å²) in [6.07, 6.45) is 2.00. The molecule has 0 radical (unpaired) electrons. The molecule has 1 aromatic carbocycles. The third-order valence-electron chi connectivity index (χ3n) is 7.00. The second-order valence-corrected chi connectivity index (χ2v) is 10.6. The third kappa shape index (κ3) is 4.88. The van der Waals surface area contributed by atoms with Crippen LogP contribution in [0.2, 0.25) is 5.02 Å². The molecule has 4 rings (SSSR count). The minimum absolute atomic E-state index is 0.134. The molecular formula is C27H31ClN4O3. The fraction of sp³-hybridized carbons (Fsp3) is 0.407. The van der Waals surface area contributed by atoms with Crippen LogP contribution in [0.1, 0.15) is 50.2 Å². The number of aliphatic hydroxyl groups is 1. The topological polar surface area (TPSA) is 95.4 Å². The Kier molecular flexibility index (Phi) is 6.84. The van der Waals surface area contributed by atoms with Gasteiger partial charge in [-0.05, 0) is 54.3 Å². The van der Waals surface area contributed by atoms with Crippen LogP contribution in [0.15, 0.2) is 54.7 Å². The largest absolute Gasteiger partial charge is 0.384 e. The quantitative estimate of drug-likeness (QED) is 0.554. The first kappa shape index (κ1) is 25.1. The van der Waals surface area contributed by atoms with Gasteiger partial charge in [-0.25, -0.2) is 9.97 Å². The average Bonchev–Trinajstić information content (AvgIpc) is 2.83. The van der Waals surface area contributed by atoms with E-state index in [-0.39, 0.29) is 17.5 Å². The van der Waals surface area contributed by atoms with Crippen LogP contribution in [0.4, 0.5) is 0 Å². The summed E-state index contributed by atoms with van der Waals surface area (Å²) < 4.78 is 0. The maximum absolute atomic E-state index is 13.6. The lowest BCUT2D eigenvalue weighted by Gasteiger charge is -2.51. The van der Waals surface area contributed by atoms with Gasteiger partial charge in [0, 0.05) is 35.1 Å². The summed E-state index contributed by atoms with van der Waals surface area (Å²) in [6.45, 7) is 8.43. The first-order valence-electron chi connectivity index (χ1n) is 11.8. The lowest BCUT2D eigenvalue weighted by Crippen LogP contribution is -2.60. The highest BCUT2D eigenvalue weighted by molar-refractivity contribution is 6.30. The first-order valence-corrected chi connectivity index (χ1v) is 12.2. The van der Waals surface area contributed by atoms with Gasteiger partial charge < -0.3 is 15.3 Å². The van der Waals surface area contributed by atoms with Crippen molar-refractivity contribution in [3.63, 3.8) is 0 Å². The molecule has 184 valence electrons. The van der Waals surface area contributed by atoms with E-state index in [1.54, 1.807) is 35.4 Å². The molecule has 8 heteroatoms. The molecule has 3 aromatic rings. The van der Waals surface area contributed by atoms with Gasteiger partial charge in [0.2, 0.25) is 5.91 Å². The normalized spacial score (nSPS) is 20.6. The van der Waals surface area contributed by atoms with Crippen molar-refractivity contribution in [1.82, 2.24) is 20.2 Å². The van der Waals surface area contributed by atoms with Crippen molar-refractivity contribution in [2.45, 2.75) is 45.8 Å². The lowest BCUT2D eigenvalue weighted by atomic mass is 9.66. The molecule has 1 aliphatic heterocycles. The van der Waals surface area contributed by atoms with Crippen molar-refractivity contribution in [3.05, 3.63) is 71.0 Å². The Morgan fingerprint density at radius 3 is 2.49 bits per heavy atom. The Hall–Kier alpha value is -3.03. The van der Waals surface area contributed by atoms with E-state index in [1.165, 1.54) is 0 Å². The van der Waals surface area contributed by atoms with Gasteiger partial charge in [0.05, 0.1) is 5.60 Å². The van der Waals surface area contributed by atoms with Crippen LogP contribution in [0.25, 0.3) is 11.0 Å². The summed E-state index contributed by atoms with van der Waals surface area (Å²) in [5, 5.41) is 16.0. The molecule has 1 fully saturated rings. The number of benzene rings is 1. The minimum Gasteiger partial charge on any atom is -0.384 e. The molecule has 0 saturated carbocycles. The van der Waals surface area contributed by atoms with Crippen molar-refractivity contribution in [1.29, 1.82) is 0 Å². The first-order chi connectivity index (χ1) is 16.5. The van der Waals surface area contributed by atoms with E-state index < -0.39 is 23.0 Å². The molecule has 0 bridgehead atoms. The number of carbonyl (C=O) groups excluding carboxylic acids is 2. The van der Waals surface area contributed by atoms with E-state index in [0.29, 0.717) is 30.2 Å². The zero-order chi connectivity index (χ0) is 25.4. The number of amides is 2. The number of likely N-dealkylation sites (tertiary alicyclic amines) is 1. The Morgan fingerprint density at radius 1 is 1.11 bits per heavy atom. The van der Waals surface area contributed by atoms with Crippen molar-refractivity contribution < 1.29 is 14.7 Å². The standard InChI is InChI=1S/C27H31ClN4O3/c1-17(2)22(31-24(33)21-12-7-18-6-5-14-29-23(18)30-21)25(34)32-15-13-27(35,26(3,4)16-32)19-8-10-20(28)11-9-19/h5-12,14,17,22,35H,13,15-16H2,1-4H3,(H,31,33)/t22-,27+/m1/s1. The smallest absolute Gasteiger partial charge is 0.270 e. The predicted octanol–water partition coefficient (Wildman–Crippen LogP) is 4.18. The second kappa shape index (κ2) is 9.55. The van der Waals surface area contributed by atoms with Crippen LogP contribution in [-0.2, 0) is 10.4 Å². The number of carbonyl (C=O) groups is 2. The molecular weight excluding hydrogens is 464 g/mol. The molecule has 1 aliphatic rings. The number of rotatable bonds is 5. The number of hydrogen-bond donors (Lipinski definition) is 2. The van der Waals surface area contributed by atoms with Crippen molar-refractivity contribution in [2.75, 3.05) is 13.1 Å². The summed E-state index contributed by atoms with van der Waals surface area (Å²) >= 11 is 6.03. The zero-order valence-corrected chi connectivity index (χ0v) is 21.2. The van der Waals surface area contributed by atoms with Crippen LogP contribution in [0, 0.1) is 11.3 Å². The number of pyridine rings is 2. The molecule has 2 atom stereocenters. The van der Waals surface area contributed by atoms with E-state index in [2.05, 4.69) is 15.3 Å². The van der Waals surface area contributed by atoms with Crippen LogP contribution in [0.5, 0.6) is 0 Å². The minimum atomic E-state index is -1.10. The number of fused-ring (bicyclic) bond motifs is 1. The van der Waals surface area contributed by atoms with E-state index in [9.17, 15) is 14.7 Å². The summed E-state index contributed by atoms with van der Waals surface area (Å²) in [5.74, 6) is -0.720.